The van der Waals surface area contributed by atoms with E-state index in [1.165, 1.54) is 0 Å². The van der Waals surface area contributed by atoms with Crippen LogP contribution in [0.3, 0.4) is 0 Å². The molecule has 4 nitrogen and oxygen atoms in total. The molecule has 0 aromatic carbocycles. The van der Waals surface area contributed by atoms with Gasteiger partial charge < -0.3 is 14.4 Å². The molecule has 1 N–H and O–H groups in total. The van der Waals surface area contributed by atoms with E-state index < -0.39 is 6.10 Å². The lowest BCUT2D eigenvalue weighted by atomic mass is 9.75. The van der Waals surface area contributed by atoms with Crippen molar-refractivity contribution in [3.63, 3.8) is 0 Å². The average molecular weight is 265 g/mol. The highest BCUT2D eigenvalue weighted by Crippen LogP contribution is 2.41. The Hall–Kier alpha value is -1.29. The Kier molecular flexibility index (Phi) is 3.72. The molecule has 0 spiro atoms. The number of nitrogens with zero attached hydrogens (tertiary/aromatic N) is 1. The van der Waals surface area contributed by atoms with Crippen LogP contribution in [0.1, 0.15) is 50.2 Å². The van der Waals surface area contributed by atoms with E-state index in [0.29, 0.717) is 6.61 Å². The molecule has 4 heteroatoms. The Labute approximate surface area is 114 Å². The number of aryl methyl sites for hydroxylation is 1. The van der Waals surface area contributed by atoms with Gasteiger partial charge in [-0.3, -0.25) is 4.79 Å². The topological polar surface area (TPSA) is 51.5 Å². The Bertz CT molecular complexity index is 488. The maximum absolute atomic E-state index is 11.7. The summed E-state index contributed by atoms with van der Waals surface area (Å²) in [5, 5.41) is 10.2. The minimum Gasteiger partial charge on any atom is -0.465 e. The summed E-state index contributed by atoms with van der Waals surface area (Å²) in [5.74, 6) is -0.220. The largest absolute Gasteiger partial charge is 0.465 e. The first-order valence-electron chi connectivity index (χ1n) is 6.86. The molecule has 0 fully saturated rings. The number of aliphatic hydroxyl groups excluding tert-OH is 1. The van der Waals surface area contributed by atoms with Crippen LogP contribution in [0.25, 0.3) is 0 Å². The Morgan fingerprint density at radius 2 is 2.26 bits per heavy atom. The van der Waals surface area contributed by atoms with Gasteiger partial charge in [0.2, 0.25) is 0 Å². The zero-order valence-electron chi connectivity index (χ0n) is 12.2. The third-order valence-corrected chi connectivity index (χ3v) is 3.79. The summed E-state index contributed by atoms with van der Waals surface area (Å²) >= 11 is 0. The molecule has 1 aliphatic carbocycles. The minimum atomic E-state index is -0.430. The van der Waals surface area contributed by atoms with Crippen molar-refractivity contribution in [2.45, 2.75) is 53.2 Å². The summed E-state index contributed by atoms with van der Waals surface area (Å²) in [7, 11) is 0. The second-order valence-corrected chi connectivity index (χ2v) is 6.14. The molecule has 106 valence electrons. The predicted molar refractivity (Wildman–Crippen MR) is 72.9 cm³/mol. The van der Waals surface area contributed by atoms with Crippen molar-refractivity contribution >= 4 is 5.97 Å². The summed E-state index contributed by atoms with van der Waals surface area (Å²) in [4.78, 5) is 11.7. The zero-order chi connectivity index (χ0) is 14.2. The number of aromatic nitrogens is 1. The number of rotatable bonds is 3. The van der Waals surface area contributed by atoms with E-state index in [0.717, 1.165) is 29.8 Å². The molecule has 1 aliphatic rings. The van der Waals surface area contributed by atoms with Gasteiger partial charge in [-0.15, -0.1) is 0 Å². The fourth-order valence-electron chi connectivity index (χ4n) is 2.96. The molecule has 0 saturated carbocycles. The van der Waals surface area contributed by atoms with Gasteiger partial charge in [0, 0.05) is 17.0 Å². The lowest BCUT2D eigenvalue weighted by Gasteiger charge is -2.33. The van der Waals surface area contributed by atoms with Crippen LogP contribution in [0.4, 0.5) is 0 Å². The lowest BCUT2D eigenvalue weighted by Crippen LogP contribution is -2.28. The van der Waals surface area contributed by atoms with Gasteiger partial charge in [0.1, 0.15) is 6.54 Å². The van der Waals surface area contributed by atoms with Crippen molar-refractivity contribution in [1.82, 2.24) is 4.57 Å². The number of carbonyl (C=O) groups excluding carboxylic acids is 1. The molecule has 0 aliphatic heterocycles. The van der Waals surface area contributed by atoms with Gasteiger partial charge >= 0.3 is 5.97 Å². The maximum Gasteiger partial charge on any atom is 0.325 e. The monoisotopic (exact) mass is 265 g/mol. The molecule has 1 aromatic rings. The van der Waals surface area contributed by atoms with E-state index in [1.54, 1.807) is 0 Å². The summed E-state index contributed by atoms with van der Waals surface area (Å²) < 4.78 is 7.00. The zero-order valence-corrected chi connectivity index (χ0v) is 12.2. The number of aliphatic hydroxyl groups is 1. The molecule has 0 saturated heterocycles. The molecule has 2 rings (SSSR count). The number of carbonyl (C=O) groups is 1. The molecular weight excluding hydrogens is 242 g/mol. The van der Waals surface area contributed by atoms with E-state index in [-0.39, 0.29) is 17.9 Å². The smallest absolute Gasteiger partial charge is 0.325 e. The van der Waals surface area contributed by atoms with Crippen LogP contribution in [-0.2, 0) is 22.5 Å². The first-order chi connectivity index (χ1) is 8.84. The van der Waals surface area contributed by atoms with E-state index in [9.17, 15) is 9.90 Å². The van der Waals surface area contributed by atoms with Crippen LogP contribution in [0.15, 0.2) is 6.07 Å². The first-order valence-corrected chi connectivity index (χ1v) is 6.86. The van der Waals surface area contributed by atoms with Crippen LogP contribution in [0, 0.1) is 12.3 Å². The van der Waals surface area contributed by atoms with Crippen molar-refractivity contribution in [3.05, 3.63) is 23.0 Å². The van der Waals surface area contributed by atoms with Gasteiger partial charge in [0.15, 0.2) is 0 Å². The van der Waals surface area contributed by atoms with E-state index in [2.05, 4.69) is 13.8 Å². The van der Waals surface area contributed by atoms with Gasteiger partial charge in [0.05, 0.1) is 12.7 Å². The van der Waals surface area contributed by atoms with E-state index in [1.807, 2.05) is 24.5 Å². The number of fused-ring (bicyclic) bond motifs is 1. The number of hydrogen-bond acceptors (Lipinski definition) is 3. The van der Waals surface area contributed by atoms with Crippen molar-refractivity contribution in [2.24, 2.45) is 5.41 Å². The van der Waals surface area contributed by atoms with E-state index in [4.69, 9.17) is 4.74 Å². The predicted octanol–water partition coefficient (Wildman–Crippen LogP) is 2.37. The van der Waals surface area contributed by atoms with Gasteiger partial charge in [-0.1, -0.05) is 13.8 Å². The Morgan fingerprint density at radius 3 is 2.89 bits per heavy atom. The van der Waals surface area contributed by atoms with Gasteiger partial charge in [-0.05, 0) is 38.2 Å². The quantitative estimate of drug-likeness (QED) is 0.854. The third-order valence-electron chi connectivity index (χ3n) is 3.79. The first kappa shape index (κ1) is 14.1. The highest BCUT2D eigenvalue weighted by molar-refractivity contribution is 5.69. The summed E-state index contributed by atoms with van der Waals surface area (Å²) in [6, 6.07) is 1.99. The van der Waals surface area contributed by atoms with Crippen molar-refractivity contribution in [3.8, 4) is 0 Å². The maximum atomic E-state index is 11.7. The third kappa shape index (κ3) is 2.84. The SMILES string of the molecule is CCOC(=O)Cn1c(C)cc2c1CC(C)(C)CC2O. The second kappa shape index (κ2) is 5.00. The fraction of sp³-hybridized carbons (Fsp3) is 0.667. The summed E-state index contributed by atoms with van der Waals surface area (Å²) in [6.07, 6.45) is 1.22. The average Bonchev–Trinajstić information content (AvgIpc) is 2.56. The molecule has 0 amide bonds. The molecule has 1 heterocycles. The Balaban J connectivity index is 2.33. The minimum absolute atomic E-state index is 0.0591. The number of esters is 1. The van der Waals surface area contributed by atoms with Crippen LogP contribution in [0.5, 0.6) is 0 Å². The Morgan fingerprint density at radius 1 is 1.58 bits per heavy atom. The van der Waals surface area contributed by atoms with Crippen molar-refractivity contribution < 1.29 is 14.6 Å². The number of ether oxygens (including phenoxy) is 1. The van der Waals surface area contributed by atoms with Crippen molar-refractivity contribution in [1.29, 1.82) is 0 Å². The van der Waals surface area contributed by atoms with Gasteiger partial charge in [-0.2, -0.15) is 0 Å². The van der Waals surface area contributed by atoms with Gasteiger partial charge in [0.25, 0.3) is 0 Å². The highest BCUT2D eigenvalue weighted by Gasteiger charge is 2.34. The molecule has 19 heavy (non-hydrogen) atoms. The van der Waals surface area contributed by atoms with Crippen LogP contribution >= 0.6 is 0 Å². The fourth-order valence-corrected chi connectivity index (χ4v) is 2.96. The lowest BCUT2D eigenvalue weighted by molar-refractivity contribution is -0.143. The van der Waals surface area contributed by atoms with Crippen LogP contribution in [-0.4, -0.2) is 22.2 Å². The molecule has 0 radical (unpaired) electrons. The van der Waals surface area contributed by atoms with Crippen molar-refractivity contribution in [2.75, 3.05) is 6.61 Å². The molecule has 1 unspecified atom stereocenters. The summed E-state index contributed by atoms with van der Waals surface area (Å²) in [5.41, 5.74) is 3.12. The molecule has 1 atom stereocenters. The normalized spacial score (nSPS) is 21.0. The molecular formula is C15H23NO3. The molecule has 0 bridgehead atoms. The second-order valence-electron chi connectivity index (χ2n) is 6.14. The van der Waals surface area contributed by atoms with Gasteiger partial charge in [-0.25, -0.2) is 0 Å². The summed E-state index contributed by atoms with van der Waals surface area (Å²) in [6.45, 7) is 8.71. The standard InChI is InChI=1S/C15H23NO3/c1-5-19-14(18)9-16-10(2)6-11-12(16)7-15(3,4)8-13(11)17/h6,13,17H,5,7-9H2,1-4H3. The highest BCUT2D eigenvalue weighted by atomic mass is 16.5. The number of hydrogen-bond donors (Lipinski definition) is 1. The van der Waals surface area contributed by atoms with E-state index >= 15 is 0 Å². The molecule has 1 aromatic heterocycles. The van der Waals surface area contributed by atoms with Crippen LogP contribution < -0.4 is 0 Å². The van der Waals surface area contributed by atoms with Crippen LogP contribution in [0.2, 0.25) is 0 Å².